The molecule has 0 radical (unpaired) electrons. The maximum atomic E-state index is 13.0. The Morgan fingerprint density at radius 3 is 0.744 bits per heavy atom. The van der Waals surface area contributed by atoms with Crippen LogP contribution >= 0.6 is 0 Å². The van der Waals surface area contributed by atoms with Crippen molar-refractivity contribution in [3.63, 3.8) is 0 Å². The maximum Gasteiger partial charge on any atom is 0.306 e. The van der Waals surface area contributed by atoms with Crippen molar-refractivity contribution in [2.45, 2.75) is 406 Å². The fraction of sp³-hybridized carbons (Fsp3) is 0.855. The van der Waals surface area contributed by atoms with Gasteiger partial charge in [-0.3, -0.25) is 14.4 Å². The van der Waals surface area contributed by atoms with E-state index in [1.807, 2.05) is 0 Å². The van der Waals surface area contributed by atoms with Gasteiger partial charge in [0.25, 0.3) is 0 Å². The van der Waals surface area contributed by atoms with E-state index < -0.39 is 6.10 Å². The maximum absolute atomic E-state index is 13.0. The van der Waals surface area contributed by atoms with Gasteiger partial charge < -0.3 is 14.2 Å². The summed E-state index contributed by atoms with van der Waals surface area (Å²) in [6.07, 6.45) is 90.1. The van der Waals surface area contributed by atoms with E-state index in [4.69, 9.17) is 14.2 Å². The quantitative estimate of drug-likeness (QED) is 0.0261. The summed E-state index contributed by atoms with van der Waals surface area (Å²) in [4.78, 5) is 38.5. The van der Waals surface area contributed by atoms with Gasteiger partial charge in [0, 0.05) is 19.3 Å². The summed E-state index contributed by atoms with van der Waals surface area (Å²) in [5.74, 6) is -0.857. The van der Waals surface area contributed by atoms with Gasteiger partial charge >= 0.3 is 17.9 Å². The van der Waals surface area contributed by atoms with Gasteiger partial charge in [-0.15, -0.1) is 0 Å². The van der Waals surface area contributed by atoms with Gasteiger partial charge in [-0.2, -0.15) is 0 Å². The molecule has 0 fully saturated rings. The summed E-state index contributed by atoms with van der Waals surface area (Å²) in [5, 5.41) is 0. The van der Waals surface area contributed by atoms with E-state index in [1.54, 1.807) is 0 Å². The molecule has 0 rings (SSSR count). The first kappa shape index (κ1) is 79.4. The lowest BCUT2D eigenvalue weighted by Gasteiger charge is -2.18. The summed E-state index contributed by atoms with van der Waals surface area (Å²) in [6, 6.07) is 0. The monoisotopic (exact) mass is 1150 g/mol. The van der Waals surface area contributed by atoms with Crippen LogP contribution < -0.4 is 0 Å². The SMILES string of the molecule is CC/C=C\C/C=C\C/C=C\C/C=C\CCCCCCCCC(=O)OC(COC(=O)CCCCCCCCCCCCCCCCCCCC)COC(=O)CCCCCCCCCCCCCCCCCCCCCCCCCCCCC. The topological polar surface area (TPSA) is 78.9 Å². The van der Waals surface area contributed by atoms with Gasteiger partial charge in [-0.25, -0.2) is 0 Å². The molecule has 0 heterocycles. The van der Waals surface area contributed by atoms with Gasteiger partial charge in [0.15, 0.2) is 6.10 Å². The average Bonchev–Trinajstić information content (AvgIpc) is 3.47. The van der Waals surface area contributed by atoms with Crippen LogP contribution in [0.15, 0.2) is 48.6 Å². The van der Waals surface area contributed by atoms with Crippen molar-refractivity contribution < 1.29 is 28.6 Å². The van der Waals surface area contributed by atoms with Crippen LogP contribution in [0.3, 0.4) is 0 Å². The molecule has 480 valence electrons. The second-order valence-electron chi connectivity index (χ2n) is 24.8. The summed E-state index contributed by atoms with van der Waals surface area (Å²) >= 11 is 0. The molecule has 1 unspecified atom stereocenters. The number of hydrogen-bond donors (Lipinski definition) is 0. The Balaban J connectivity index is 4.27. The fourth-order valence-electron chi connectivity index (χ4n) is 11.1. The number of esters is 3. The van der Waals surface area contributed by atoms with Crippen molar-refractivity contribution in [2.24, 2.45) is 0 Å². The third kappa shape index (κ3) is 68.2. The third-order valence-corrected chi connectivity index (χ3v) is 16.6. The molecule has 0 saturated carbocycles. The van der Waals surface area contributed by atoms with Crippen molar-refractivity contribution in [3.05, 3.63) is 48.6 Å². The van der Waals surface area contributed by atoms with Gasteiger partial charge in [0.1, 0.15) is 13.2 Å². The second kappa shape index (κ2) is 70.9. The minimum Gasteiger partial charge on any atom is -0.462 e. The largest absolute Gasteiger partial charge is 0.462 e. The first-order valence-electron chi connectivity index (χ1n) is 36.6. The number of allylic oxidation sites excluding steroid dienone is 8. The molecule has 0 aliphatic heterocycles. The van der Waals surface area contributed by atoms with Crippen molar-refractivity contribution in [1.82, 2.24) is 0 Å². The first-order valence-corrected chi connectivity index (χ1v) is 36.6. The highest BCUT2D eigenvalue weighted by atomic mass is 16.6. The molecular weight excluding hydrogens is 1010 g/mol. The smallest absolute Gasteiger partial charge is 0.306 e. The van der Waals surface area contributed by atoms with E-state index in [-0.39, 0.29) is 31.1 Å². The summed E-state index contributed by atoms with van der Waals surface area (Å²) in [6.45, 7) is 6.60. The van der Waals surface area contributed by atoms with E-state index in [1.165, 1.54) is 263 Å². The van der Waals surface area contributed by atoms with Gasteiger partial charge in [-0.05, 0) is 57.8 Å². The van der Waals surface area contributed by atoms with E-state index in [0.717, 1.165) is 96.3 Å². The molecular formula is C76H140O6. The number of rotatable bonds is 68. The minimum atomic E-state index is -0.780. The van der Waals surface area contributed by atoms with Gasteiger partial charge in [0.2, 0.25) is 0 Å². The van der Waals surface area contributed by atoms with Crippen LogP contribution in [0.5, 0.6) is 0 Å². The lowest BCUT2D eigenvalue weighted by Crippen LogP contribution is -2.30. The molecule has 0 aromatic carbocycles. The zero-order valence-corrected chi connectivity index (χ0v) is 55.3. The molecule has 0 amide bonds. The molecule has 0 aromatic heterocycles. The molecule has 0 spiro atoms. The lowest BCUT2D eigenvalue weighted by atomic mass is 10.0. The van der Waals surface area contributed by atoms with Gasteiger partial charge in [0.05, 0.1) is 0 Å². The van der Waals surface area contributed by atoms with Crippen LogP contribution in [0.1, 0.15) is 400 Å². The Labute approximate surface area is 511 Å². The molecule has 0 N–H and O–H groups in total. The molecule has 82 heavy (non-hydrogen) atoms. The zero-order valence-electron chi connectivity index (χ0n) is 55.3. The Morgan fingerprint density at radius 2 is 0.476 bits per heavy atom. The highest BCUT2D eigenvalue weighted by molar-refractivity contribution is 5.71. The standard InChI is InChI=1S/C76H140O6/c1-4-7-10-13-16-19-22-25-28-31-34-35-36-37-38-39-40-41-43-45-48-51-54-57-60-63-66-69-75(78)81-72-73(71-80-74(77)68-65-62-59-56-53-50-47-44-33-30-27-24-21-18-15-12-9-6-3)82-76(79)70-67-64-61-58-55-52-49-46-42-32-29-26-23-20-17-14-11-8-5-2/h8,11,17,20,26,29,42,46,73H,4-7,9-10,12-16,18-19,21-25,27-28,30-41,43-45,47-72H2,1-3H3/b11-8-,20-17-,29-26-,46-42-. The molecule has 6 heteroatoms. The molecule has 0 aromatic rings. The molecule has 0 saturated heterocycles. The molecule has 1 atom stereocenters. The van der Waals surface area contributed by atoms with Crippen LogP contribution in [0, 0.1) is 0 Å². The van der Waals surface area contributed by atoms with Crippen molar-refractivity contribution >= 4 is 17.9 Å². The Hall–Kier alpha value is -2.63. The van der Waals surface area contributed by atoms with Crippen LogP contribution in [0.25, 0.3) is 0 Å². The summed E-state index contributed by atoms with van der Waals surface area (Å²) < 4.78 is 17.0. The molecule has 0 aliphatic rings. The number of unbranched alkanes of at least 4 members (excludes halogenated alkanes) is 49. The molecule has 0 bridgehead atoms. The number of carbonyl (C=O) groups excluding carboxylic acids is 3. The Kier molecular flexibility index (Phi) is 68.6. The van der Waals surface area contributed by atoms with Gasteiger partial charge in [-0.1, -0.05) is 371 Å². The number of carbonyl (C=O) groups is 3. The number of hydrogen-bond acceptors (Lipinski definition) is 6. The first-order chi connectivity index (χ1) is 40.5. The van der Waals surface area contributed by atoms with Crippen LogP contribution in [0.4, 0.5) is 0 Å². The second-order valence-corrected chi connectivity index (χ2v) is 24.8. The highest BCUT2D eigenvalue weighted by Crippen LogP contribution is 2.19. The lowest BCUT2D eigenvalue weighted by molar-refractivity contribution is -0.167. The summed E-state index contributed by atoms with van der Waals surface area (Å²) in [7, 11) is 0. The normalized spacial score (nSPS) is 12.3. The zero-order chi connectivity index (χ0) is 59.2. The van der Waals surface area contributed by atoms with Crippen molar-refractivity contribution in [2.75, 3.05) is 13.2 Å². The predicted octanol–water partition coefficient (Wildman–Crippen LogP) is 25.3. The van der Waals surface area contributed by atoms with Crippen molar-refractivity contribution in [3.8, 4) is 0 Å². The minimum absolute atomic E-state index is 0.0736. The molecule has 6 nitrogen and oxygen atoms in total. The highest BCUT2D eigenvalue weighted by Gasteiger charge is 2.19. The summed E-state index contributed by atoms with van der Waals surface area (Å²) in [5.41, 5.74) is 0. The van der Waals surface area contributed by atoms with Crippen LogP contribution in [-0.2, 0) is 28.6 Å². The Morgan fingerprint density at radius 1 is 0.256 bits per heavy atom. The fourth-order valence-corrected chi connectivity index (χ4v) is 11.1. The van der Waals surface area contributed by atoms with E-state index in [2.05, 4.69) is 69.4 Å². The van der Waals surface area contributed by atoms with E-state index in [0.29, 0.717) is 19.3 Å². The van der Waals surface area contributed by atoms with Crippen molar-refractivity contribution in [1.29, 1.82) is 0 Å². The van der Waals surface area contributed by atoms with E-state index in [9.17, 15) is 14.4 Å². The van der Waals surface area contributed by atoms with E-state index >= 15 is 0 Å². The van der Waals surface area contributed by atoms with Crippen LogP contribution in [0.2, 0.25) is 0 Å². The van der Waals surface area contributed by atoms with Crippen LogP contribution in [-0.4, -0.2) is 37.2 Å². The average molecular weight is 1150 g/mol. The Bertz CT molecular complexity index is 1410. The number of ether oxygens (including phenoxy) is 3. The third-order valence-electron chi connectivity index (χ3n) is 16.6. The predicted molar refractivity (Wildman–Crippen MR) is 358 cm³/mol. The molecule has 0 aliphatic carbocycles.